The first-order chi connectivity index (χ1) is 13.3. The van der Waals surface area contributed by atoms with Crippen LogP contribution in [0.5, 0.6) is 0 Å². The number of rotatable bonds is 5. The fraction of sp³-hybridized carbons (Fsp3) is 0.304. The van der Waals surface area contributed by atoms with E-state index in [2.05, 4.69) is 39.9 Å². The van der Waals surface area contributed by atoms with Crippen LogP contribution in [0.2, 0.25) is 0 Å². The van der Waals surface area contributed by atoms with Gasteiger partial charge >= 0.3 is 0 Å². The first-order valence-corrected chi connectivity index (χ1v) is 9.69. The number of hydrogen-bond donors (Lipinski definition) is 2. The lowest BCUT2D eigenvalue weighted by molar-refractivity contribution is 0.0947. The number of hydrogen-bond acceptors (Lipinski definition) is 3. The zero-order valence-electron chi connectivity index (χ0n) is 15.4. The van der Waals surface area contributed by atoms with Crippen molar-refractivity contribution in [2.45, 2.75) is 18.8 Å². The van der Waals surface area contributed by atoms with Crippen LogP contribution in [0.1, 0.15) is 34.7 Å². The summed E-state index contributed by atoms with van der Waals surface area (Å²) < 4.78 is 0. The third-order valence-electron chi connectivity index (χ3n) is 5.57. The van der Waals surface area contributed by atoms with Gasteiger partial charge in [0, 0.05) is 35.8 Å². The molecule has 1 fully saturated rings. The lowest BCUT2D eigenvalue weighted by Gasteiger charge is -2.31. The molecule has 1 unspecified atom stereocenters. The summed E-state index contributed by atoms with van der Waals surface area (Å²) in [4.78, 5) is 16.9. The maximum Gasteiger partial charge on any atom is 0.251 e. The van der Waals surface area contributed by atoms with E-state index < -0.39 is 0 Å². The number of amides is 1. The molecule has 2 heterocycles. The topological polar surface area (TPSA) is 54.0 Å². The molecule has 0 saturated carbocycles. The van der Waals surface area contributed by atoms with E-state index >= 15 is 0 Å². The van der Waals surface area contributed by atoms with E-state index in [1.54, 1.807) is 6.20 Å². The van der Waals surface area contributed by atoms with E-state index in [0.29, 0.717) is 23.9 Å². The molecule has 138 valence electrons. The Kier molecular flexibility index (Phi) is 5.45. The molecule has 0 bridgehead atoms. The normalized spacial score (nSPS) is 16.1. The van der Waals surface area contributed by atoms with Gasteiger partial charge in [-0.25, -0.2) is 0 Å². The maximum absolute atomic E-state index is 12.8. The molecule has 1 atom stereocenters. The van der Waals surface area contributed by atoms with Crippen molar-refractivity contribution in [2.75, 3.05) is 19.6 Å². The predicted molar refractivity (Wildman–Crippen MR) is 109 cm³/mol. The number of benzene rings is 2. The highest BCUT2D eigenvalue weighted by Crippen LogP contribution is 2.30. The van der Waals surface area contributed by atoms with Gasteiger partial charge in [-0.15, -0.1) is 0 Å². The second-order valence-electron chi connectivity index (χ2n) is 7.25. The van der Waals surface area contributed by atoms with Crippen LogP contribution < -0.4 is 10.6 Å². The molecule has 2 aromatic carbocycles. The molecule has 4 nitrogen and oxygen atoms in total. The zero-order valence-corrected chi connectivity index (χ0v) is 15.4. The van der Waals surface area contributed by atoms with Gasteiger partial charge in [-0.1, -0.05) is 36.4 Å². The van der Waals surface area contributed by atoms with E-state index in [9.17, 15) is 4.79 Å². The standard InChI is InChI=1S/C23H25N3O/c27-23(20-6-7-21-15-25-13-10-19(21)14-20)26-16-22(17-4-2-1-3-5-17)18-8-11-24-12-9-18/h1-7,10,13-15,18,22,24H,8-9,11-12,16H2,(H,26,27). The Bertz CT molecular complexity index is 904. The van der Waals surface area contributed by atoms with Gasteiger partial charge in [0.25, 0.3) is 5.91 Å². The average molecular weight is 359 g/mol. The zero-order chi connectivity index (χ0) is 18.5. The maximum atomic E-state index is 12.8. The van der Waals surface area contributed by atoms with Gasteiger partial charge in [0.1, 0.15) is 0 Å². The summed E-state index contributed by atoms with van der Waals surface area (Å²) in [5.74, 6) is 0.933. The Morgan fingerprint density at radius 2 is 1.89 bits per heavy atom. The van der Waals surface area contributed by atoms with Crippen molar-refractivity contribution in [3.8, 4) is 0 Å². The Balaban J connectivity index is 1.49. The van der Waals surface area contributed by atoms with Crippen molar-refractivity contribution in [1.82, 2.24) is 15.6 Å². The number of piperidine rings is 1. The highest BCUT2D eigenvalue weighted by Gasteiger charge is 2.25. The predicted octanol–water partition coefficient (Wildman–Crippen LogP) is 3.75. The quantitative estimate of drug-likeness (QED) is 0.729. The van der Waals surface area contributed by atoms with Gasteiger partial charge in [-0.3, -0.25) is 9.78 Å². The molecular formula is C23H25N3O. The van der Waals surface area contributed by atoms with E-state index in [4.69, 9.17) is 0 Å². The van der Waals surface area contributed by atoms with Gasteiger partial charge in [-0.2, -0.15) is 0 Å². The third kappa shape index (κ3) is 4.17. The van der Waals surface area contributed by atoms with Crippen molar-refractivity contribution >= 4 is 16.7 Å². The minimum Gasteiger partial charge on any atom is -0.351 e. The number of fused-ring (bicyclic) bond motifs is 1. The van der Waals surface area contributed by atoms with Crippen LogP contribution in [0.3, 0.4) is 0 Å². The summed E-state index contributed by atoms with van der Waals surface area (Å²) >= 11 is 0. The summed E-state index contributed by atoms with van der Waals surface area (Å²) in [5, 5.41) is 8.71. The van der Waals surface area contributed by atoms with Crippen LogP contribution in [0.15, 0.2) is 67.0 Å². The van der Waals surface area contributed by atoms with Gasteiger partial charge in [0.2, 0.25) is 0 Å². The molecule has 3 aromatic rings. The molecule has 1 amide bonds. The van der Waals surface area contributed by atoms with Gasteiger partial charge in [0.05, 0.1) is 0 Å². The number of carbonyl (C=O) groups excluding carboxylic acids is 1. The fourth-order valence-electron chi connectivity index (χ4n) is 4.03. The van der Waals surface area contributed by atoms with E-state index in [-0.39, 0.29) is 5.91 Å². The number of nitrogens with one attached hydrogen (secondary N) is 2. The second kappa shape index (κ2) is 8.31. The number of nitrogens with zero attached hydrogens (tertiary/aromatic N) is 1. The molecule has 0 radical (unpaired) electrons. The first-order valence-electron chi connectivity index (χ1n) is 9.69. The fourth-order valence-corrected chi connectivity index (χ4v) is 4.03. The molecular weight excluding hydrogens is 334 g/mol. The Morgan fingerprint density at radius 1 is 1.07 bits per heavy atom. The molecule has 1 aliphatic rings. The van der Waals surface area contributed by atoms with Crippen molar-refractivity contribution in [1.29, 1.82) is 0 Å². The summed E-state index contributed by atoms with van der Waals surface area (Å²) in [6, 6.07) is 18.3. The van der Waals surface area contributed by atoms with Gasteiger partial charge in [0.15, 0.2) is 0 Å². The summed E-state index contributed by atoms with van der Waals surface area (Å²) in [5.41, 5.74) is 2.01. The van der Waals surface area contributed by atoms with Gasteiger partial charge < -0.3 is 10.6 Å². The van der Waals surface area contributed by atoms with Crippen molar-refractivity contribution < 1.29 is 4.79 Å². The Morgan fingerprint density at radius 3 is 2.70 bits per heavy atom. The molecule has 0 aliphatic carbocycles. The molecule has 2 N–H and O–H groups in total. The van der Waals surface area contributed by atoms with Crippen molar-refractivity contribution in [3.63, 3.8) is 0 Å². The van der Waals surface area contributed by atoms with Crippen molar-refractivity contribution in [3.05, 3.63) is 78.1 Å². The molecule has 1 saturated heterocycles. The smallest absolute Gasteiger partial charge is 0.251 e. The summed E-state index contributed by atoms with van der Waals surface area (Å²) in [6.45, 7) is 2.78. The number of aromatic nitrogens is 1. The second-order valence-corrected chi connectivity index (χ2v) is 7.25. The van der Waals surface area contributed by atoms with E-state index in [1.807, 2.05) is 36.5 Å². The van der Waals surface area contributed by atoms with E-state index in [1.165, 1.54) is 5.56 Å². The van der Waals surface area contributed by atoms with Crippen LogP contribution in [0.4, 0.5) is 0 Å². The monoisotopic (exact) mass is 359 g/mol. The molecule has 27 heavy (non-hydrogen) atoms. The SMILES string of the molecule is O=C(NCC(c1ccccc1)C1CCNCC1)c1ccc2cnccc2c1. The third-order valence-corrected chi connectivity index (χ3v) is 5.57. The van der Waals surface area contributed by atoms with Crippen LogP contribution >= 0.6 is 0 Å². The summed E-state index contributed by atoms with van der Waals surface area (Å²) in [6.07, 6.45) is 5.88. The molecule has 4 rings (SSSR count). The molecule has 0 spiro atoms. The Labute approximate surface area is 160 Å². The Hall–Kier alpha value is -2.72. The first kappa shape index (κ1) is 17.7. The molecule has 1 aliphatic heterocycles. The highest BCUT2D eigenvalue weighted by molar-refractivity contribution is 5.98. The highest BCUT2D eigenvalue weighted by atomic mass is 16.1. The summed E-state index contributed by atoms with van der Waals surface area (Å²) in [7, 11) is 0. The average Bonchev–Trinajstić information content (AvgIpc) is 2.75. The van der Waals surface area contributed by atoms with E-state index in [0.717, 1.165) is 36.7 Å². The van der Waals surface area contributed by atoms with Gasteiger partial charge in [-0.05, 0) is 61.0 Å². The van der Waals surface area contributed by atoms with Crippen LogP contribution in [0, 0.1) is 5.92 Å². The molecule has 4 heteroatoms. The lowest BCUT2D eigenvalue weighted by Crippen LogP contribution is -2.36. The minimum absolute atomic E-state index is 0.0106. The number of carbonyl (C=O) groups is 1. The lowest BCUT2D eigenvalue weighted by atomic mass is 9.80. The van der Waals surface area contributed by atoms with Crippen LogP contribution in [0.25, 0.3) is 10.8 Å². The van der Waals surface area contributed by atoms with Crippen LogP contribution in [-0.2, 0) is 0 Å². The van der Waals surface area contributed by atoms with Crippen LogP contribution in [-0.4, -0.2) is 30.5 Å². The minimum atomic E-state index is -0.0106. The van der Waals surface area contributed by atoms with Crippen molar-refractivity contribution in [2.24, 2.45) is 5.92 Å². The number of pyridine rings is 1. The molecule has 1 aromatic heterocycles. The largest absolute Gasteiger partial charge is 0.351 e.